The van der Waals surface area contributed by atoms with E-state index in [1.807, 2.05) is 49.4 Å². The quantitative estimate of drug-likeness (QED) is 0.906. The number of ether oxygens (including phenoxy) is 2. The number of hydrogen-bond acceptors (Lipinski definition) is 3. The van der Waals surface area contributed by atoms with Gasteiger partial charge < -0.3 is 14.6 Å². The highest BCUT2D eigenvalue weighted by Crippen LogP contribution is 2.21. The molecule has 1 atom stereocenters. The number of hydrogen-bond donors (Lipinski definition) is 1. The van der Waals surface area contributed by atoms with Crippen LogP contribution >= 0.6 is 0 Å². The first kappa shape index (κ1) is 14.4. The number of rotatable bonds is 5. The van der Waals surface area contributed by atoms with Gasteiger partial charge in [-0.05, 0) is 54.8 Å². The third-order valence-corrected chi connectivity index (χ3v) is 3.36. The molecule has 0 fully saturated rings. The Morgan fingerprint density at radius 1 is 1.00 bits per heavy atom. The minimum Gasteiger partial charge on any atom is -0.497 e. The molecule has 1 unspecified atom stereocenters. The Morgan fingerprint density at radius 2 is 1.80 bits per heavy atom. The second-order valence-electron chi connectivity index (χ2n) is 4.85. The zero-order chi connectivity index (χ0) is 14.5. The summed E-state index contributed by atoms with van der Waals surface area (Å²) in [4.78, 5) is 0. The lowest BCUT2D eigenvalue weighted by molar-refractivity contribution is 0.108. The van der Waals surface area contributed by atoms with Gasteiger partial charge >= 0.3 is 0 Å². The van der Waals surface area contributed by atoms with Crippen molar-refractivity contribution in [2.75, 3.05) is 13.7 Å². The molecule has 2 rings (SSSR count). The minimum atomic E-state index is -0.674. The van der Waals surface area contributed by atoms with Crippen LogP contribution in [0.4, 0.5) is 0 Å². The van der Waals surface area contributed by atoms with E-state index in [1.54, 1.807) is 7.11 Å². The topological polar surface area (TPSA) is 38.7 Å². The molecule has 0 aliphatic rings. The van der Waals surface area contributed by atoms with Gasteiger partial charge in [-0.25, -0.2) is 0 Å². The van der Waals surface area contributed by atoms with Crippen LogP contribution in [0.15, 0.2) is 42.5 Å². The van der Waals surface area contributed by atoms with Gasteiger partial charge in [0.05, 0.1) is 7.11 Å². The summed E-state index contributed by atoms with van der Waals surface area (Å²) in [5.41, 5.74) is 3.19. The van der Waals surface area contributed by atoms with E-state index in [0.717, 1.165) is 17.1 Å². The smallest absolute Gasteiger partial charge is 0.119 e. The summed E-state index contributed by atoms with van der Waals surface area (Å²) in [6.07, 6.45) is -0.674. The van der Waals surface area contributed by atoms with E-state index < -0.39 is 6.10 Å². The van der Waals surface area contributed by atoms with Gasteiger partial charge in [-0.3, -0.25) is 0 Å². The van der Waals surface area contributed by atoms with Crippen LogP contribution in [-0.2, 0) is 0 Å². The lowest BCUT2D eigenvalue weighted by Gasteiger charge is -2.14. The van der Waals surface area contributed by atoms with Gasteiger partial charge in [0, 0.05) is 0 Å². The molecule has 0 aliphatic heterocycles. The molecule has 3 nitrogen and oxygen atoms in total. The van der Waals surface area contributed by atoms with Crippen LogP contribution in [0.3, 0.4) is 0 Å². The van der Waals surface area contributed by atoms with E-state index in [-0.39, 0.29) is 6.61 Å². The molecule has 0 amide bonds. The molecule has 0 radical (unpaired) electrons. The Balaban J connectivity index is 2.00. The molecular weight excluding hydrogens is 252 g/mol. The summed E-state index contributed by atoms with van der Waals surface area (Å²) in [5.74, 6) is 1.50. The van der Waals surface area contributed by atoms with Gasteiger partial charge in [0.25, 0.3) is 0 Å². The van der Waals surface area contributed by atoms with Crippen molar-refractivity contribution < 1.29 is 14.6 Å². The molecule has 0 heterocycles. The fourth-order valence-electron chi connectivity index (χ4n) is 1.92. The van der Waals surface area contributed by atoms with Gasteiger partial charge in [-0.2, -0.15) is 0 Å². The number of aliphatic hydroxyl groups excluding tert-OH is 1. The second kappa shape index (κ2) is 6.44. The van der Waals surface area contributed by atoms with Crippen LogP contribution in [0.25, 0.3) is 0 Å². The van der Waals surface area contributed by atoms with Crippen molar-refractivity contribution >= 4 is 0 Å². The van der Waals surface area contributed by atoms with Crippen molar-refractivity contribution in [2.24, 2.45) is 0 Å². The molecular formula is C17H20O3. The van der Waals surface area contributed by atoms with Gasteiger partial charge in [0.1, 0.15) is 24.2 Å². The molecule has 106 valence electrons. The van der Waals surface area contributed by atoms with Crippen molar-refractivity contribution in [3.8, 4) is 11.5 Å². The molecule has 0 aromatic heterocycles. The molecule has 0 bridgehead atoms. The van der Waals surface area contributed by atoms with Crippen LogP contribution < -0.4 is 9.47 Å². The number of aryl methyl sites for hydroxylation is 2. The van der Waals surface area contributed by atoms with E-state index in [4.69, 9.17) is 9.47 Å². The van der Waals surface area contributed by atoms with Gasteiger partial charge in [-0.1, -0.05) is 18.2 Å². The summed E-state index contributed by atoms with van der Waals surface area (Å²) in [6, 6.07) is 13.3. The van der Waals surface area contributed by atoms with Crippen molar-refractivity contribution in [1.82, 2.24) is 0 Å². The Labute approximate surface area is 119 Å². The van der Waals surface area contributed by atoms with Gasteiger partial charge in [0.2, 0.25) is 0 Å². The Morgan fingerprint density at radius 3 is 2.50 bits per heavy atom. The minimum absolute atomic E-state index is 0.218. The predicted octanol–water partition coefficient (Wildman–Crippen LogP) is 3.42. The van der Waals surface area contributed by atoms with E-state index in [1.165, 1.54) is 11.1 Å². The SMILES string of the molecule is COc1cccc(C(O)COc2ccc(C)c(C)c2)c1. The van der Waals surface area contributed by atoms with E-state index >= 15 is 0 Å². The third kappa shape index (κ3) is 3.52. The van der Waals surface area contributed by atoms with Gasteiger partial charge in [0.15, 0.2) is 0 Å². The first-order valence-electron chi connectivity index (χ1n) is 6.62. The van der Waals surface area contributed by atoms with Crippen LogP contribution in [0, 0.1) is 13.8 Å². The average Bonchev–Trinajstić information content (AvgIpc) is 2.48. The van der Waals surface area contributed by atoms with E-state index in [0.29, 0.717) is 0 Å². The number of aliphatic hydroxyl groups is 1. The lowest BCUT2D eigenvalue weighted by atomic mass is 10.1. The Hall–Kier alpha value is -2.00. The monoisotopic (exact) mass is 272 g/mol. The fourth-order valence-corrected chi connectivity index (χ4v) is 1.92. The summed E-state index contributed by atoms with van der Waals surface area (Å²) in [6.45, 7) is 4.32. The summed E-state index contributed by atoms with van der Waals surface area (Å²) >= 11 is 0. The highest BCUT2D eigenvalue weighted by atomic mass is 16.5. The third-order valence-electron chi connectivity index (χ3n) is 3.36. The van der Waals surface area contributed by atoms with Crippen molar-refractivity contribution in [1.29, 1.82) is 0 Å². The molecule has 0 saturated heterocycles. The molecule has 0 spiro atoms. The zero-order valence-corrected chi connectivity index (χ0v) is 12.1. The highest BCUT2D eigenvalue weighted by molar-refractivity contribution is 5.34. The Kier molecular flexibility index (Phi) is 4.64. The summed E-state index contributed by atoms with van der Waals surface area (Å²) in [5, 5.41) is 10.1. The number of methoxy groups -OCH3 is 1. The second-order valence-corrected chi connectivity index (χ2v) is 4.85. The lowest BCUT2D eigenvalue weighted by Crippen LogP contribution is -2.09. The van der Waals surface area contributed by atoms with E-state index in [2.05, 4.69) is 6.92 Å². The first-order chi connectivity index (χ1) is 9.60. The number of benzene rings is 2. The van der Waals surface area contributed by atoms with Crippen molar-refractivity contribution in [3.05, 3.63) is 59.2 Å². The highest BCUT2D eigenvalue weighted by Gasteiger charge is 2.09. The van der Waals surface area contributed by atoms with Crippen LogP contribution in [0.1, 0.15) is 22.8 Å². The first-order valence-corrected chi connectivity index (χ1v) is 6.62. The van der Waals surface area contributed by atoms with Crippen LogP contribution in [-0.4, -0.2) is 18.8 Å². The predicted molar refractivity (Wildman–Crippen MR) is 79.4 cm³/mol. The molecule has 2 aromatic carbocycles. The summed E-state index contributed by atoms with van der Waals surface area (Å²) < 4.78 is 10.8. The molecule has 1 N–H and O–H groups in total. The molecule has 0 aliphatic carbocycles. The normalized spacial score (nSPS) is 12.0. The largest absolute Gasteiger partial charge is 0.497 e. The average molecular weight is 272 g/mol. The maximum Gasteiger partial charge on any atom is 0.119 e. The summed E-state index contributed by atoms with van der Waals surface area (Å²) in [7, 11) is 1.61. The molecule has 0 saturated carbocycles. The van der Waals surface area contributed by atoms with Crippen LogP contribution in [0.5, 0.6) is 11.5 Å². The van der Waals surface area contributed by atoms with E-state index in [9.17, 15) is 5.11 Å². The zero-order valence-electron chi connectivity index (χ0n) is 12.1. The Bertz CT molecular complexity index is 578. The fraction of sp³-hybridized carbons (Fsp3) is 0.294. The molecule has 20 heavy (non-hydrogen) atoms. The van der Waals surface area contributed by atoms with Crippen molar-refractivity contribution in [3.63, 3.8) is 0 Å². The molecule has 3 heteroatoms. The molecule has 2 aromatic rings. The van der Waals surface area contributed by atoms with Crippen LogP contribution in [0.2, 0.25) is 0 Å². The maximum atomic E-state index is 10.1. The van der Waals surface area contributed by atoms with Crippen molar-refractivity contribution in [2.45, 2.75) is 20.0 Å². The standard InChI is InChI=1S/C17H20O3/c1-12-7-8-16(9-13(12)2)20-11-17(18)14-5-4-6-15(10-14)19-3/h4-10,17-18H,11H2,1-3H3. The maximum absolute atomic E-state index is 10.1. The van der Waals surface area contributed by atoms with Gasteiger partial charge in [-0.15, -0.1) is 0 Å².